The number of benzene rings is 3. The van der Waals surface area contributed by atoms with Gasteiger partial charge >= 0.3 is 0 Å². The number of fused-ring (bicyclic) bond motifs is 1. The van der Waals surface area contributed by atoms with Gasteiger partial charge in [0.2, 0.25) is 0 Å². The van der Waals surface area contributed by atoms with Crippen LogP contribution in [0.5, 0.6) is 5.75 Å². The van der Waals surface area contributed by atoms with Crippen LogP contribution in [-0.2, 0) is 4.79 Å². The highest BCUT2D eigenvalue weighted by atomic mass is 16.3. The molecule has 164 valence electrons. The number of phenolic OH excluding ortho intramolecular Hbond substituents is 1. The number of rotatable bonds is 6. The summed E-state index contributed by atoms with van der Waals surface area (Å²) in [7, 11) is 0. The monoisotopic (exact) mass is 441 g/mol. The van der Waals surface area contributed by atoms with E-state index in [4.69, 9.17) is 0 Å². The van der Waals surface area contributed by atoms with Gasteiger partial charge < -0.3 is 10.4 Å². The van der Waals surface area contributed by atoms with E-state index in [9.17, 15) is 19.5 Å². The lowest BCUT2D eigenvalue weighted by Gasteiger charge is -2.18. The van der Waals surface area contributed by atoms with E-state index in [1.54, 1.807) is 66.7 Å². The Morgan fingerprint density at radius 3 is 2.45 bits per heavy atom. The average molecular weight is 441 g/mol. The molecule has 0 fully saturated rings. The van der Waals surface area contributed by atoms with Crippen LogP contribution in [0, 0.1) is 0 Å². The molecule has 0 saturated carbocycles. The van der Waals surface area contributed by atoms with E-state index < -0.39 is 23.4 Å². The molecule has 0 spiro atoms. The summed E-state index contributed by atoms with van der Waals surface area (Å²) in [4.78, 5) is 38.1. The third-order valence-electron chi connectivity index (χ3n) is 4.83. The van der Waals surface area contributed by atoms with E-state index in [2.05, 4.69) is 26.0 Å². The first-order valence-electron chi connectivity index (χ1n) is 9.98. The summed E-state index contributed by atoms with van der Waals surface area (Å²) in [5.74, 6) is -1.10. The van der Waals surface area contributed by atoms with Crippen molar-refractivity contribution in [1.82, 2.24) is 20.9 Å². The second-order valence-electron chi connectivity index (χ2n) is 7.09. The highest BCUT2D eigenvalue weighted by Crippen LogP contribution is 2.20. The molecule has 3 aromatic carbocycles. The summed E-state index contributed by atoms with van der Waals surface area (Å²) in [6, 6.07) is 20.1. The minimum absolute atomic E-state index is 0.0576. The van der Waals surface area contributed by atoms with Gasteiger partial charge in [0.05, 0.1) is 11.6 Å². The van der Waals surface area contributed by atoms with Crippen LogP contribution in [0.1, 0.15) is 27.7 Å². The zero-order valence-corrected chi connectivity index (χ0v) is 17.2. The summed E-state index contributed by atoms with van der Waals surface area (Å²) in [6.45, 7) is 0. The van der Waals surface area contributed by atoms with Gasteiger partial charge in [0.25, 0.3) is 17.4 Å². The quantitative estimate of drug-likeness (QED) is 0.269. The zero-order chi connectivity index (χ0) is 23.2. The summed E-state index contributed by atoms with van der Waals surface area (Å²) in [6.07, 6.45) is 1.35. The summed E-state index contributed by atoms with van der Waals surface area (Å²) >= 11 is 0. The number of carbonyl (C=O) groups is 2. The van der Waals surface area contributed by atoms with E-state index in [0.717, 1.165) is 0 Å². The van der Waals surface area contributed by atoms with E-state index in [-0.39, 0.29) is 11.4 Å². The van der Waals surface area contributed by atoms with Crippen molar-refractivity contribution in [1.29, 1.82) is 0 Å². The molecular formula is C24H19N5O4. The first-order chi connectivity index (χ1) is 16.0. The SMILES string of the molecule is O=C(N[C@H](C(=O)N/N=C/c1cccc(O)c1)c1n[nH]c(=O)c2ccccc12)c1ccccc1. The molecule has 0 aliphatic rings. The fourth-order valence-corrected chi connectivity index (χ4v) is 3.26. The van der Waals surface area contributed by atoms with Crippen LogP contribution in [0.2, 0.25) is 0 Å². The second kappa shape index (κ2) is 9.56. The Hall–Kier alpha value is -4.79. The molecule has 9 nitrogen and oxygen atoms in total. The Morgan fingerprint density at radius 1 is 0.970 bits per heavy atom. The molecule has 4 rings (SSSR count). The largest absolute Gasteiger partial charge is 0.508 e. The highest BCUT2D eigenvalue weighted by molar-refractivity contribution is 5.99. The molecule has 0 aliphatic carbocycles. The summed E-state index contributed by atoms with van der Waals surface area (Å²) < 4.78 is 0. The maximum atomic E-state index is 13.1. The van der Waals surface area contributed by atoms with Gasteiger partial charge in [0.1, 0.15) is 11.4 Å². The fourth-order valence-electron chi connectivity index (χ4n) is 3.26. The van der Waals surface area contributed by atoms with Crippen LogP contribution in [-0.4, -0.2) is 33.3 Å². The standard InChI is InChI=1S/C24H19N5O4/c30-17-10-6-7-15(13-17)14-25-28-24(33)21(26-22(31)16-8-2-1-3-9-16)20-18-11-4-5-12-19(18)23(32)29-27-20/h1-14,21,30H,(H,26,31)(H,28,33)(H,29,32)/b25-14+/t21-/m0/s1. The number of amides is 2. The van der Waals surface area contributed by atoms with E-state index in [0.29, 0.717) is 21.9 Å². The van der Waals surface area contributed by atoms with Gasteiger partial charge in [-0.1, -0.05) is 48.5 Å². The number of H-pyrrole nitrogens is 1. The van der Waals surface area contributed by atoms with Gasteiger partial charge in [-0.2, -0.15) is 10.2 Å². The highest BCUT2D eigenvalue weighted by Gasteiger charge is 2.27. The van der Waals surface area contributed by atoms with Crippen molar-refractivity contribution in [3.63, 3.8) is 0 Å². The number of aromatic hydroxyl groups is 1. The molecule has 1 heterocycles. The topological polar surface area (TPSA) is 137 Å². The Balaban J connectivity index is 1.67. The zero-order valence-electron chi connectivity index (χ0n) is 17.2. The lowest BCUT2D eigenvalue weighted by atomic mass is 10.0. The molecule has 33 heavy (non-hydrogen) atoms. The molecule has 9 heteroatoms. The Morgan fingerprint density at radius 2 is 1.70 bits per heavy atom. The first-order valence-corrected chi connectivity index (χ1v) is 9.98. The van der Waals surface area contributed by atoms with Crippen molar-refractivity contribution in [2.45, 2.75) is 6.04 Å². The van der Waals surface area contributed by atoms with Gasteiger partial charge in [-0.15, -0.1) is 0 Å². The maximum absolute atomic E-state index is 13.1. The Labute approximate surface area is 187 Å². The van der Waals surface area contributed by atoms with Gasteiger partial charge in [-0.25, -0.2) is 10.5 Å². The minimum Gasteiger partial charge on any atom is -0.508 e. The second-order valence-corrected chi connectivity index (χ2v) is 7.09. The number of aromatic amines is 1. The molecule has 0 aliphatic heterocycles. The lowest BCUT2D eigenvalue weighted by molar-refractivity contribution is -0.123. The van der Waals surface area contributed by atoms with Crippen LogP contribution in [0.25, 0.3) is 10.8 Å². The smallest absolute Gasteiger partial charge is 0.272 e. The molecule has 0 saturated heterocycles. The van der Waals surface area contributed by atoms with Crippen LogP contribution in [0.4, 0.5) is 0 Å². The molecule has 4 N–H and O–H groups in total. The van der Waals surface area contributed by atoms with Gasteiger partial charge in [0, 0.05) is 10.9 Å². The van der Waals surface area contributed by atoms with Crippen LogP contribution in [0.15, 0.2) is 88.8 Å². The number of phenols is 1. The normalized spacial score (nSPS) is 11.9. The van der Waals surface area contributed by atoms with Crippen molar-refractivity contribution in [3.05, 3.63) is 106 Å². The fraction of sp³-hybridized carbons (Fsp3) is 0.0417. The summed E-state index contributed by atoms with van der Waals surface area (Å²) in [5, 5.41) is 23.3. The predicted octanol–water partition coefficient (Wildman–Crippen LogP) is 2.25. The molecule has 0 bridgehead atoms. The molecule has 1 atom stereocenters. The van der Waals surface area contributed by atoms with Gasteiger partial charge in [-0.05, 0) is 35.9 Å². The molecular weight excluding hydrogens is 422 g/mol. The summed E-state index contributed by atoms with van der Waals surface area (Å²) in [5.41, 5.74) is 3.06. The number of hydrazone groups is 1. The molecule has 0 radical (unpaired) electrons. The van der Waals surface area contributed by atoms with E-state index in [1.807, 2.05) is 0 Å². The van der Waals surface area contributed by atoms with Crippen LogP contribution >= 0.6 is 0 Å². The number of hydrogen-bond acceptors (Lipinski definition) is 6. The van der Waals surface area contributed by atoms with Gasteiger partial charge in [-0.3, -0.25) is 14.4 Å². The Bertz CT molecular complexity index is 1400. The van der Waals surface area contributed by atoms with Gasteiger partial charge in [0.15, 0.2) is 6.04 Å². The third kappa shape index (κ3) is 4.93. The lowest BCUT2D eigenvalue weighted by Crippen LogP contribution is -2.40. The Kier molecular flexibility index (Phi) is 6.21. The molecule has 1 aromatic heterocycles. The van der Waals surface area contributed by atoms with Crippen LogP contribution in [0.3, 0.4) is 0 Å². The maximum Gasteiger partial charge on any atom is 0.272 e. The van der Waals surface area contributed by atoms with Crippen molar-refractivity contribution in [2.75, 3.05) is 0 Å². The van der Waals surface area contributed by atoms with Crippen molar-refractivity contribution in [3.8, 4) is 5.75 Å². The van der Waals surface area contributed by atoms with Crippen molar-refractivity contribution in [2.24, 2.45) is 5.10 Å². The number of hydrogen-bond donors (Lipinski definition) is 4. The van der Waals surface area contributed by atoms with E-state index in [1.165, 1.54) is 18.3 Å². The predicted molar refractivity (Wildman–Crippen MR) is 123 cm³/mol. The number of carbonyl (C=O) groups excluding carboxylic acids is 2. The van der Waals surface area contributed by atoms with Crippen molar-refractivity contribution < 1.29 is 14.7 Å². The number of aromatic nitrogens is 2. The minimum atomic E-state index is -1.25. The average Bonchev–Trinajstić information content (AvgIpc) is 2.84. The number of nitrogens with one attached hydrogen (secondary N) is 3. The van der Waals surface area contributed by atoms with Crippen LogP contribution < -0.4 is 16.3 Å². The van der Waals surface area contributed by atoms with Crippen molar-refractivity contribution >= 4 is 28.8 Å². The third-order valence-corrected chi connectivity index (χ3v) is 4.83. The molecule has 2 amide bonds. The number of nitrogens with zero attached hydrogens (tertiary/aromatic N) is 2. The first kappa shape index (κ1) is 21.4. The molecule has 4 aromatic rings. The molecule has 0 unspecified atom stereocenters. The van der Waals surface area contributed by atoms with E-state index >= 15 is 0 Å².